The minimum atomic E-state index is 0.0987. The maximum Gasteiger partial charge on any atom is 0.191 e. The number of nitrogens with zero attached hydrogens (tertiary/aromatic N) is 1. The number of guanidine groups is 1. The van der Waals surface area contributed by atoms with E-state index < -0.39 is 0 Å². The van der Waals surface area contributed by atoms with Gasteiger partial charge >= 0.3 is 0 Å². The van der Waals surface area contributed by atoms with Crippen LogP contribution in [0, 0.1) is 0 Å². The molecule has 1 atom stereocenters. The summed E-state index contributed by atoms with van der Waals surface area (Å²) in [5, 5.41) is 15.3. The summed E-state index contributed by atoms with van der Waals surface area (Å²) in [7, 11) is 0. The van der Waals surface area contributed by atoms with E-state index in [1.165, 1.54) is 32.1 Å². The Morgan fingerprint density at radius 3 is 2.59 bits per heavy atom. The first-order chi connectivity index (χ1) is 8.24. The van der Waals surface area contributed by atoms with Crippen LogP contribution in [-0.2, 0) is 0 Å². The summed E-state index contributed by atoms with van der Waals surface area (Å²) in [4.78, 5) is 4.26. The van der Waals surface area contributed by atoms with Crippen LogP contribution < -0.4 is 10.6 Å². The molecule has 0 aromatic carbocycles. The van der Waals surface area contributed by atoms with Crippen molar-refractivity contribution < 1.29 is 5.11 Å². The minimum Gasteiger partial charge on any atom is -0.394 e. The monoisotopic (exact) mass is 243 g/mol. The second-order valence-corrected chi connectivity index (χ2v) is 4.38. The van der Waals surface area contributed by atoms with Crippen molar-refractivity contribution in [1.29, 1.82) is 0 Å². The largest absolute Gasteiger partial charge is 0.394 e. The van der Waals surface area contributed by atoms with E-state index in [0.29, 0.717) is 12.6 Å². The van der Waals surface area contributed by atoms with Crippen molar-refractivity contribution in [3.8, 4) is 0 Å². The van der Waals surface area contributed by atoms with Crippen molar-refractivity contribution in [3.05, 3.63) is 0 Å². The van der Waals surface area contributed by atoms with Crippen molar-refractivity contribution in [2.45, 2.75) is 58.9 Å². The predicted octanol–water partition coefficient (Wildman–Crippen LogP) is 1.89. The van der Waals surface area contributed by atoms with Crippen LogP contribution in [0.1, 0.15) is 52.9 Å². The molecule has 0 saturated carbocycles. The zero-order valence-corrected chi connectivity index (χ0v) is 11.6. The summed E-state index contributed by atoms with van der Waals surface area (Å²) < 4.78 is 0. The average Bonchev–Trinajstić information content (AvgIpc) is 2.32. The smallest absolute Gasteiger partial charge is 0.191 e. The van der Waals surface area contributed by atoms with Gasteiger partial charge in [0, 0.05) is 12.6 Å². The molecule has 0 aromatic rings. The first-order valence-electron chi connectivity index (χ1n) is 6.90. The Bertz CT molecular complexity index is 195. The second kappa shape index (κ2) is 11.7. The highest BCUT2D eigenvalue weighted by Crippen LogP contribution is 2.04. The lowest BCUT2D eigenvalue weighted by Crippen LogP contribution is -2.42. The van der Waals surface area contributed by atoms with E-state index in [1.807, 2.05) is 6.92 Å². The van der Waals surface area contributed by atoms with E-state index in [0.717, 1.165) is 12.5 Å². The van der Waals surface area contributed by atoms with Gasteiger partial charge in [0.2, 0.25) is 0 Å². The number of rotatable bonds is 9. The molecule has 17 heavy (non-hydrogen) atoms. The van der Waals surface area contributed by atoms with Gasteiger partial charge in [-0.25, -0.2) is 0 Å². The Morgan fingerprint density at radius 2 is 2.00 bits per heavy atom. The zero-order chi connectivity index (χ0) is 12.9. The van der Waals surface area contributed by atoms with Crippen LogP contribution in [-0.4, -0.2) is 36.8 Å². The topological polar surface area (TPSA) is 56.7 Å². The first kappa shape index (κ1) is 16.2. The van der Waals surface area contributed by atoms with Gasteiger partial charge < -0.3 is 15.7 Å². The van der Waals surface area contributed by atoms with E-state index in [2.05, 4.69) is 29.5 Å². The highest BCUT2D eigenvalue weighted by Gasteiger charge is 2.04. The molecule has 0 aliphatic heterocycles. The molecule has 1 unspecified atom stereocenters. The molecule has 0 bridgehead atoms. The Labute approximate surface area is 106 Å². The Kier molecular flexibility index (Phi) is 11.2. The van der Waals surface area contributed by atoms with Gasteiger partial charge in [0.25, 0.3) is 0 Å². The molecule has 0 saturated heterocycles. The summed E-state index contributed by atoms with van der Waals surface area (Å²) in [6, 6.07) is 0.434. The molecule has 0 aliphatic carbocycles. The number of hydrogen-bond acceptors (Lipinski definition) is 2. The van der Waals surface area contributed by atoms with Crippen LogP contribution in [0.5, 0.6) is 0 Å². The molecule has 0 rings (SSSR count). The zero-order valence-electron chi connectivity index (χ0n) is 11.6. The molecule has 0 heterocycles. The lowest BCUT2D eigenvalue weighted by atomic mass is 10.1. The van der Waals surface area contributed by atoms with E-state index in [1.54, 1.807) is 0 Å². The van der Waals surface area contributed by atoms with Crippen LogP contribution in [0.2, 0.25) is 0 Å². The van der Waals surface area contributed by atoms with Crippen LogP contribution in [0.25, 0.3) is 0 Å². The van der Waals surface area contributed by atoms with Crippen molar-refractivity contribution >= 4 is 5.96 Å². The molecular weight excluding hydrogens is 214 g/mol. The van der Waals surface area contributed by atoms with Gasteiger partial charge in [0.15, 0.2) is 5.96 Å². The number of hydrogen-bond donors (Lipinski definition) is 3. The van der Waals surface area contributed by atoms with Gasteiger partial charge in [-0.1, -0.05) is 32.6 Å². The molecular formula is C13H29N3O. The van der Waals surface area contributed by atoms with E-state index in [4.69, 9.17) is 5.11 Å². The molecule has 0 amide bonds. The number of aliphatic hydroxyl groups is 1. The van der Waals surface area contributed by atoms with Gasteiger partial charge in [-0.2, -0.15) is 0 Å². The SMILES string of the molecule is CCCCCCC(C)NC(=NCCO)NCC. The first-order valence-corrected chi connectivity index (χ1v) is 6.90. The third kappa shape index (κ3) is 10.1. The standard InChI is InChI=1S/C13H29N3O/c1-4-6-7-8-9-12(3)16-13(14-5-2)15-10-11-17/h12,17H,4-11H2,1-3H3,(H2,14,15,16). The molecule has 0 fully saturated rings. The molecule has 4 nitrogen and oxygen atoms in total. The van der Waals surface area contributed by atoms with Crippen molar-refractivity contribution in [2.75, 3.05) is 19.7 Å². The highest BCUT2D eigenvalue weighted by atomic mass is 16.3. The third-order valence-corrected chi connectivity index (χ3v) is 2.59. The molecule has 3 N–H and O–H groups in total. The molecule has 0 aromatic heterocycles. The van der Waals surface area contributed by atoms with Crippen LogP contribution in [0.3, 0.4) is 0 Å². The molecule has 0 aliphatic rings. The number of nitrogens with one attached hydrogen (secondary N) is 2. The molecule has 0 spiro atoms. The highest BCUT2D eigenvalue weighted by molar-refractivity contribution is 5.79. The van der Waals surface area contributed by atoms with Gasteiger partial charge in [0.05, 0.1) is 13.2 Å². The van der Waals surface area contributed by atoms with E-state index in [-0.39, 0.29) is 6.61 Å². The quantitative estimate of drug-likeness (QED) is 0.329. The van der Waals surface area contributed by atoms with Gasteiger partial charge in [-0.05, 0) is 20.3 Å². The second-order valence-electron chi connectivity index (χ2n) is 4.38. The number of unbranched alkanes of at least 4 members (excludes halogenated alkanes) is 3. The summed E-state index contributed by atoms with van der Waals surface area (Å²) >= 11 is 0. The minimum absolute atomic E-state index is 0.0987. The summed E-state index contributed by atoms with van der Waals surface area (Å²) in [6.45, 7) is 7.85. The average molecular weight is 243 g/mol. The normalized spacial score (nSPS) is 13.5. The number of aliphatic imine (C=N–C) groups is 1. The lowest BCUT2D eigenvalue weighted by molar-refractivity contribution is 0.306. The van der Waals surface area contributed by atoms with Crippen LogP contribution >= 0.6 is 0 Å². The van der Waals surface area contributed by atoms with Gasteiger partial charge in [0.1, 0.15) is 0 Å². The third-order valence-electron chi connectivity index (χ3n) is 2.59. The fraction of sp³-hybridized carbons (Fsp3) is 0.923. The molecule has 102 valence electrons. The molecule has 0 radical (unpaired) electrons. The Balaban J connectivity index is 3.82. The van der Waals surface area contributed by atoms with Crippen LogP contribution in [0.15, 0.2) is 4.99 Å². The van der Waals surface area contributed by atoms with Gasteiger partial charge in [-0.15, -0.1) is 0 Å². The fourth-order valence-electron chi connectivity index (χ4n) is 1.66. The fourth-order valence-corrected chi connectivity index (χ4v) is 1.66. The van der Waals surface area contributed by atoms with E-state index >= 15 is 0 Å². The predicted molar refractivity (Wildman–Crippen MR) is 74.4 cm³/mol. The van der Waals surface area contributed by atoms with Gasteiger partial charge in [-0.3, -0.25) is 4.99 Å². The Hall–Kier alpha value is -0.770. The Morgan fingerprint density at radius 1 is 1.24 bits per heavy atom. The maximum absolute atomic E-state index is 8.76. The lowest BCUT2D eigenvalue weighted by Gasteiger charge is -2.17. The van der Waals surface area contributed by atoms with Crippen molar-refractivity contribution in [3.63, 3.8) is 0 Å². The summed E-state index contributed by atoms with van der Waals surface area (Å²) in [5.41, 5.74) is 0. The molecule has 4 heteroatoms. The van der Waals surface area contributed by atoms with Crippen LogP contribution in [0.4, 0.5) is 0 Å². The number of aliphatic hydroxyl groups excluding tert-OH is 1. The van der Waals surface area contributed by atoms with E-state index in [9.17, 15) is 0 Å². The maximum atomic E-state index is 8.76. The summed E-state index contributed by atoms with van der Waals surface area (Å²) in [6.07, 6.45) is 6.35. The summed E-state index contributed by atoms with van der Waals surface area (Å²) in [5.74, 6) is 0.810. The van der Waals surface area contributed by atoms with Crippen molar-refractivity contribution in [1.82, 2.24) is 10.6 Å². The van der Waals surface area contributed by atoms with Crippen molar-refractivity contribution in [2.24, 2.45) is 4.99 Å².